The van der Waals surface area contributed by atoms with Gasteiger partial charge in [-0.3, -0.25) is 4.79 Å². The predicted molar refractivity (Wildman–Crippen MR) is 96.7 cm³/mol. The lowest BCUT2D eigenvalue weighted by atomic mass is 10.1. The maximum atomic E-state index is 12.3. The molecule has 0 bridgehead atoms. The van der Waals surface area contributed by atoms with Gasteiger partial charge in [-0.25, -0.2) is 4.79 Å². The molecule has 0 aliphatic carbocycles. The van der Waals surface area contributed by atoms with E-state index in [4.69, 9.17) is 16.3 Å². The van der Waals surface area contributed by atoms with Gasteiger partial charge in [0, 0.05) is 13.1 Å². The van der Waals surface area contributed by atoms with E-state index in [1.165, 1.54) is 26.4 Å². The number of carbonyl (C=O) groups excluding carboxylic acids is 2. The maximum Gasteiger partial charge on any atom is 0.339 e. The number of hydrogen-bond acceptors (Lipinski definition) is 5. The van der Waals surface area contributed by atoms with E-state index in [-0.39, 0.29) is 40.2 Å². The molecule has 1 rings (SSSR count). The molecule has 8 heteroatoms. The standard InChI is InChI=1S/C16H23ClN2O4.ClH/c1-5-19(6-2)8-7-18-15(20)12-9-13(17)11(16(21)23-4)10-14(12)22-3;/h9-10H,5-8H2,1-4H3,(H,18,20);1H. The summed E-state index contributed by atoms with van der Waals surface area (Å²) in [7, 11) is 2.69. The van der Waals surface area contributed by atoms with E-state index in [1.54, 1.807) is 0 Å². The van der Waals surface area contributed by atoms with Gasteiger partial charge in [0.15, 0.2) is 0 Å². The van der Waals surface area contributed by atoms with Crippen molar-refractivity contribution < 1.29 is 19.1 Å². The molecule has 0 unspecified atom stereocenters. The van der Waals surface area contributed by atoms with Crippen LogP contribution in [0.2, 0.25) is 5.02 Å². The highest BCUT2D eigenvalue weighted by atomic mass is 35.5. The number of benzene rings is 1. The van der Waals surface area contributed by atoms with Gasteiger partial charge in [0.25, 0.3) is 5.91 Å². The monoisotopic (exact) mass is 378 g/mol. The van der Waals surface area contributed by atoms with Gasteiger partial charge in [-0.2, -0.15) is 0 Å². The summed E-state index contributed by atoms with van der Waals surface area (Å²) >= 11 is 6.06. The van der Waals surface area contributed by atoms with Crippen LogP contribution >= 0.6 is 24.0 Å². The Morgan fingerprint density at radius 3 is 2.29 bits per heavy atom. The number of carbonyl (C=O) groups is 2. The van der Waals surface area contributed by atoms with Gasteiger partial charge >= 0.3 is 5.97 Å². The van der Waals surface area contributed by atoms with Gasteiger partial charge in [-0.15, -0.1) is 12.4 Å². The first-order valence-electron chi connectivity index (χ1n) is 7.44. The molecule has 0 aliphatic rings. The number of esters is 1. The maximum absolute atomic E-state index is 12.3. The topological polar surface area (TPSA) is 67.9 Å². The zero-order valence-corrected chi connectivity index (χ0v) is 15.9. The highest BCUT2D eigenvalue weighted by molar-refractivity contribution is 6.34. The lowest BCUT2D eigenvalue weighted by Gasteiger charge is -2.18. The van der Waals surface area contributed by atoms with Crippen LogP contribution in [0.15, 0.2) is 12.1 Å². The van der Waals surface area contributed by atoms with Crippen molar-refractivity contribution in [3.05, 3.63) is 28.3 Å². The van der Waals surface area contributed by atoms with Crippen LogP contribution in [0, 0.1) is 0 Å². The minimum absolute atomic E-state index is 0. The van der Waals surface area contributed by atoms with Crippen LogP contribution < -0.4 is 10.1 Å². The molecule has 0 saturated carbocycles. The molecule has 6 nitrogen and oxygen atoms in total. The minimum atomic E-state index is -0.582. The molecule has 1 N–H and O–H groups in total. The van der Waals surface area contributed by atoms with E-state index in [0.29, 0.717) is 6.54 Å². The normalized spacial score (nSPS) is 10.1. The summed E-state index contributed by atoms with van der Waals surface area (Å²) in [6.07, 6.45) is 0. The Labute approximate surface area is 153 Å². The smallest absolute Gasteiger partial charge is 0.339 e. The lowest BCUT2D eigenvalue weighted by molar-refractivity contribution is 0.0600. The first kappa shape index (κ1) is 22.5. The largest absolute Gasteiger partial charge is 0.496 e. The Morgan fingerprint density at radius 2 is 1.79 bits per heavy atom. The summed E-state index contributed by atoms with van der Waals surface area (Å²) in [4.78, 5) is 26.1. The summed E-state index contributed by atoms with van der Waals surface area (Å²) in [5, 5.41) is 2.97. The first-order valence-corrected chi connectivity index (χ1v) is 7.82. The second-order valence-corrected chi connectivity index (χ2v) is 5.21. The minimum Gasteiger partial charge on any atom is -0.496 e. The van der Waals surface area contributed by atoms with Gasteiger partial charge in [0.05, 0.1) is 30.4 Å². The molecular weight excluding hydrogens is 355 g/mol. The zero-order chi connectivity index (χ0) is 17.4. The molecule has 0 aromatic heterocycles. The van der Waals surface area contributed by atoms with Crippen molar-refractivity contribution in [2.75, 3.05) is 40.4 Å². The molecule has 0 spiro atoms. The number of hydrogen-bond donors (Lipinski definition) is 1. The molecule has 1 amide bonds. The van der Waals surface area contributed by atoms with Crippen molar-refractivity contribution in [3.63, 3.8) is 0 Å². The number of rotatable bonds is 8. The quantitative estimate of drug-likeness (QED) is 0.704. The van der Waals surface area contributed by atoms with Gasteiger partial charge in [-0.1, -0.05) is 25.4 Å². The second-order valence-electron chi connectivity index (χ2n) is 4.81. The molecule has 0 fully saturated rings. The fourth-order valence-corrected chi connectivity index (χ4v) is 2.37. The van der Waals surface area contributed by atoms with Gasteiger partial charge in [0.1, 0.15) is 5.75 Å². The summed E-state index contributed by atoms with van der Waals surface area (Å²) in [5.41, 5.74) is 0.440. The van der Waals surface area contributed by atoms with Crippen LogP contribution in [0.4, 0.5) is 0 Å². The van der Waals surface area contributed by atoms with Crippen LogP contribution in [0.3, 0.4) is 0 Å². The van der Waals surface area contributed by atoms with Crippen molar-refractivity contribution in [1.82, 2.24) is 10.2 Å². The van der Waals surface area contributed by atoms with Crippen LogP contribution in [0.1, 0.15) is 34.6 Å². The zero-order valence-electron chi connectivity index (χ0n) is 14.3. The number of likely N-dealkylation sites (N-methyl/N-ethyl adjacent to an activating group) is 1. The van der Waals surface area contributed by atoms with Crippen molar-refractivity contribution in [1.29, 1.82) is 0 Å². The van der Waals surface area contributed by atoms with E-state index in [0.717, 1.165) is 19.6 Å². The fourth-order valence-electron chi connectivity index (χ4n) is 2.13. The van der Waals surface area contributed by atoms with Crippen LogP contribution in [0.25, 0.3) is 0 Å². The highest BCUT2D eigenvalue weighted by Gasteiger charge is 2.19. The molecule has 0 aliphatic heterocycles. The number of amides is 1. The SMILES string of the molecule is CCN(CC)CCNC(=O)c1cc(Cl)c(C(=O)OC)cc1OC.Cl. The summed E-state index contributed by atoms with van der Waals surface area (Å²) in [6, 6.07) is 2.83. The van der Waals surface area contributed by atoms with Gasteiger partial charge in [-0.05, 0) is 25.2 Å². The number of halogens is 2. The van der Waals surface area contributed by atoms with Crippen molar-refractivity contribution >= 4 is 35.9 Å². The van der Waals surface area contributed by atoms with E-state index >= 15 is 0 Å². The Morgan fingerprint density at radius 1 is 1.17 bits per heavy atom. The molecular formula is C16H24Cl2N2O4. The molecule has 0 atom stereocenters. The van der Waals surface area contributed by atoms with E-state index < -0.39 is 5.97 Å². The first-order chi connectivity index (χ1) is 11.0. The Balaban J connectivity index is 0.00000529. The predicted octanol–water partition coefficient (Wildman–Crippen LogP) is 2.63. The molecule has 1 aromatic rings. The highest BCUT2D eigenvalue weighted by Crippen LogP contribution is 2.27. The summed E-state index contributed by atoms with van der Waals surface area (Å²) in [6.45, 7) is 7.26. The van der Waals surface area contributed by atoms with E-state index in [9.17, 15) is 9.59 Å². The molecule has 0 heterocycles. The summed E-state index contributed by atoms with van der Waals surface area (Å²) < 4.78 is 9.84. The summed E-state index contributed by atoms with van der Waals surface area (Å²) in [5.74, 6) is -0.607. The average Bonchev–Trinajstić information content (AvgIpc) is 2.57. The van der Waals surface area contributed by atoms with E-state index in [1.807, 2.05) is 0 Å². The molecule has 1 aromatic carbocycles. The second kappa shape index (κ2) is 11.1. The number of ether oxygens (including phenoxy) is 2. The fraction of sp³-hybridized carbons (Fsp3) is 0.500. The van der Waals surface area contributed by atoms with Crippen molar-refractivity contribution in [2.24, 2.45) is 0 Å². The van der Waals surface area contributed by atoms with Crippen LogP contribution in [-0.2, 0) is 4.74 Å². The molecule has 0 radical (unpaired) electrons. The molecule has 136 valence electrons. The number of nitrogens with zero attached hydrogens (tertiary/aromatic N) is 1. The Bertz CT molecular complexity index is 563. The van der Waals surface area contributed by atoms with Crippen LogP contribution in [0.5, 0.6) is 5.75 Å². The molecule has 24 heavy (non-hydrogen) atoms. The van der Waals surface area contributed by atoms with Crippen molar-refractivity contribution in [3.8, 4) is 5.75 Å². The third-order valence-electron chi connectivity index (χ3n) is 3.55. The van der Waals surface area contributed by atoms with Gasteiger partial charge in [0.2, 0.25) is 0 Å². The Hall–Kier alpha value is -1.50. The number of methoxy groups -OCH3 is 2. The molecule has 0 saturated heterocycles. The van der Waals surface area contributed by atoms with E-state index in [2.05, 4.69) is 28.8 Å². The number of nitrogens with one attached hydrogen (secondary N) is 1. The van der Waals surface area contributed by atoms with Crippen molar-refractivity contribution in [2.45, 2.75) is 13.8 Å². The van der Waals surface area contributed by atoms with Crippen LogP contribution in [-0.4, -0.2) is 57.2 Å². The average molecular weight is 379 g/mol. The third-order valence-corrected chi connectivity index (χ3v) is 3.86. The third kappa shape index (κ3) is 5.85. The van der Waals surface area contributed by atoms with Gasteiger partial charge < -0.3 is 19.7 Å². The lowest BCUT2D eigenvalue weighted by Crippen LogP contribution is -2.35. The Kier molecular flexibility index (Phi) is 10.4.